The maximum absolute atomic E-state index is 12.9. The van der Waals surface area contributed by atoms with Gasteiger partial charge in [0.25, 0.3) is 5.91 Å². The molecule has 1 aliphatic heterocycles. The van der Waals surface area contributed by atoms with Crippen molar-refractivity contribution in [3.63, 3.8) is 0 Å². The summed E-state index contributed by atoms with van der Waals surface area (Å²) in [6.07, 6.45) is 4.74. The van der Waals surface area contributed by atoms with Gasteiger partial charge >= 0.3 is 5.97 Å². The third-order valence-electron chi connectivity index (χ3n) is 4.48. The number of rotatable bonds is 2. The Balaban J connectivity index is 1.97. The molecule has 3 rings (SSSR count). The Bertz CT molecular complexity index is 723. The van der Waals surface area contributed by atoms with Gasteiger partial charge in [-0.15, -0.1) is 0 Å². The SMILES string of the molecule is C[C@@H]1[C@H](C(=O)O)CCCN1C(=O)c1cccc2cnccc12. The number of amides is 1. The second kappa shape index (κ2) is 5.75. The average Bonchev–Trinajstić information content (AvgIpc) is 2.53. The van der Waals surface area contributed by atoms with Gasteiger partial charge in [-0.05, 0) is 37.3 Å². The number of carbonyl (C=O) groups excluding carboxylic acids is 1. The van der Waals surface area contributed by atoms with Gasteiger partial charge in [-0.25, -0.2) is 0 Å². The van der Waals surface area contributed by atoms with Crippen molar-refractivity contribution in [2.45, 2.75) is 25.8 Å². The fraction of sp³-hybridized carbons (Fsp3) is 0.353. The Morgan fingerprint density at radius 2 is 2.14 bits per heavy atom. The van der Waals surface area contributed by atoms with Crippen LogP contribution in [0.1, 0.15) is 30.1 Å². The second-order valence-corrected chi connectivity index (χ2v) is 5.73. The van der Waals surface area contributed by atoms with E-state index in [4.69, 9.17) is 0 Å². The van der Waals surface area contributed by atoms with Gasteiger partial charge in [-0.1, -0.05) is 12.1 Å². The standard InChI is InChI=1S/C17H18N2O3/c1-11-13(17(21)22)6-3-9-19(11)16(20)15-5-2-4-12-10-18-8-7-14(12)15/h2,4-5,7-8,10-11,13H,3,6,9H2,1H3,(H,21,22)/t11-,13-/m1/s1. The van der Waals surface area contributed by atoms with Crippen LogP contribution in [-0.2, 0) is 4.79 Å². The number of carboxylic acid groups (broad SMARTS) is 1. The van der Waals surface area contributed by atoms with E-state index in [-0.39, 0.29) is 11.9 Å². The van der Waals surface area contributed by atoms with E-state index in [0.29, 0.717) is 18.5 Å². The summed E-state index contributed by atoms with van der Waals surface area (Å²) in [5.41, 5.74) is 0.609. The van der Waals surface area contributed by atoms with E-state index in [1.165, 1.54) is 0 Å². The molecule has 1 amide bonds. The van der Waals surface area contributed by atoms with Crippen LogP contribution in [0.5, 0.6) is 0 Å². The van der Waals surface area contributed by atoms with Crippen LogP contribution in [0.4, 0.5) is 0 Å². The molecule has 1 aliphatic rings. The van der Waals surface area contributed by atoms with Gasteiger partial charge in [0.2, 0.25) is 0 Å². The van der Waals surface area contributed by atoms with Gasteiger partial charge in [0, 0.05) is 35.9 Å². The minimum atomic E-state index is -0.827. The van der Waals surface area contributed by atoms with Crippen LogP contribution in [0.25, 0.3) is 10.8 Å². The van der Waals surface area contributed by atoms with Gasteiger partial charge in [0.1, 0.15) is 0 Å². The molecule has 5 nitrogen and oxygen atoms in total. The normalized spacial score (nSPS) is 21.8. The van der Waals surface area contributed by atoms with Gasteiger partial charge in [-0.2, -0.15) is 0 Å². The van der Waals surface area contributed by atoms with E-state index in [9.17, 15) is 14.7 Å². The molecule has 1 saturated heterocycles. The zero-order chi connectivity index (χ0) is 15.7. The van der Waals surface area contributed by atoms with Crippen LogP contribution in [0.2, 0.25) is 0 Å². The summed E-state index contributed by atoms with van der Waals surface area (Å²) in [5.74, 6) is -1.42. The lowest BCUT2D eigenvalue weighted by Crippen LogP contribution is -2.49. The number of pyridine rings is 1. The molecule has 0 bridgehead atoms. The number of carbonyl (C=O) groups is 2. The number of benzene rings is 1. The van der Waals surface area contributed by atoms with Crippen molar-refractivity contribution >= 4 is 22.6 Å². The monoisotopic (exact) mass is 298 g/mol. The van der Waals surface area contributed by atoms with E-state index in [0.717, 1.165) is 17.2 Å². The third-order valence-corrected chi connectivity index (χ3v) is 4.48. The van der Waals surface area contributed by atoms with Crippen molar-refractivity contribution < 1.29 is 14.7 Å². The van der Waals surface area contributed by atoms with Crippen molar-refractivity contribution in [2.75, 3.05) is 6.54 Å². The molecule has 0 unspecified atom stereocenters. The molecule has 2 aromatic rings. The van der Waals surface area contributed by atoms with E-state index in [1.54, 1.807) is 23.4 Å². The molecule has 1 aromatic carbocycles. The van der Waals surface area contributed by atoms with Crippen molar-refractivity contribution in [3.05, 3.63) is 42.2 Å². The van der Waals surface area contributed by atoms with Crippen LogP contribution in [-0.4, -0.2) is 39.5 Å². The summed E-state index contributed by atoms with van der Waals surface area (Å²) in [4.78, 5) is 30.0. The first kappa shape index (κ1) is 14.5. The molecule has 114 valence electrons. The second-order valence-electron chi connectivity index (χ2n) is 5.73. The Morgan fingerprint density at radius 3 is 2.91 bits per heavy atom. The highest BCUT2D eigenvalue weighted by molar-refractivity contribution is 6.07. The predicted molar refractivity (Wildman–Crippen MR) is 82.6 cm³/mol. The summed E-state index contributed by atoms with van der Waals surface area (Å²) in [6.45, 7) is 2.42. The number of aromatic nitrogens is 1. The number of fused-ring (bicyclic) bond motifs is 1. The number of nitrogens with zero attached hydrogens (tertiary/aromatic N) is 2. The van der Waals surface area contributed by atoms with Crippen LogP contribution < -0.4 is 0 Å². The van der Waals surface area contributed by atoms with Crippen molar-refractivity contribution in [1.82, 2.24) is 9.88 Å². The topological polar surface area (TPSA) is 70.5 Å². The quantitative estimate of drug-likeness (QED) is 0.925. The first-order chi connectivity index (χ1) is 10.6. The van der Waals surface area contributed by atoms with E-state index >= 15 is 0 Å². The Kier molecular flexibility index (Phi) is 3.79. The highest BCUT2D eigenvalue weighted by Gasteiger charge is 2.35. The average molecular weight is 298 g/mol. The Labute approximate surface area is 128 Å². The molecular weight excluding hydrogens is 280 g/mol. The summed E-state index contributed by atoms with van der Waals surface area (Å²) in [5, 5.41) is 11.1. The van der Waals surface area contributed by atoms with Gasteiger partial charge in [0.05, 0.1) is 5.92 Å². The van der Waals surface area contributed by atoms with E-state index in [1.807, 2.05) is 25.1 Å². The third kappa shape index (κ3) is 2.43. The molecule has 5 heteroatoms. The lowest BCUT2D eigenvalue weighted by atomic mass is 9.89. The van der Waals surface area contributed by atoms with Crippen molar-refractivity contribution in [1.29, 1.82) is 0 Å². The molecule has 0 saturated carbocycles. The fourth-order valence-corrected chi connectivity index (χ4v) is 3.22. The summed E-state index contributed by atoms with van der Waals surface area (Å²) in [7, 11) is 0. The van der Waals surface area contributed by atoms with Crippen LogP contribution >= 0.6 is 0 Å². The predicted octanol–water partition coefficient (Wildman–Crippen LogP) is 2.56. The molecule has 1 fully saturated rings. The number of likely N-dealkylation sites (tertiary alicyclic amines) is 1. The van der Waals surface area contributed by atoms with Gasteiger partial charge in [-0.3, -0.25) is 14.6 Å². The summed E-state index contributed by atoms with van der Waals surface area (Å²) < 4.78 is 0. The number of carboxylic acids is 1. The molecule has 0 aliphatic carbocycles. The molecular formula is C17H18N2O3. The zero-order valence-corrected chi connectivity index (χ0v) is 12.4. The van der Waals surface area contributed by atoms with Crippen LogP contribution in [0.15, 0.2) is 36.7 Å². The molecule has 22 heavy (non-hydrogen) atoms. The molecule has 2 atom stereocenters. The molecule has 0 spiro atoms. The molecule has 2 heterocycles. The number of piperidine rings is 1. The van der Waals surface area contributed by atoms with Crippen LogP contribution in [0.3, 0.4) is 0 Å². The number of hydrogen-bond acceptors (Lipinski definition) is 3. The minimum absolute atomic E-state index is 0.102. The molecule has 0 radical (unpaired) electrons. The Hall–Kier alpha value is -2.43. The maximum Gasteiger partial charge on any atom is 0.308 e. The minimum Gasteiger partial charge on any atom is -0.481 e. The summed E-state index contributed by atoms with van der Waals surface area (Å²) in [6, 6.07) is 7.07. The van der Waals surface area contributed by atoms with Gasteiger partial charge < -0.3 is 10.0 Å². The van der Waals surface area contributed by atoms with Crippen molar-refractivity contribution in [3.8, 4) is 0 Å². The van der Waals surface area contributed by atoms with Crippen LogP contribution in [0, 0.1) is 5.92 Å². The summed E-state index contributed by atoms with van der Waals surface area (Å²) >= 11 is 0. The number of hydrogen-bond donors (Lipinski definition) is 1. The first-order valence-electron chi connectivity index (χ1n) is 7.46. The number of aliphatic carboxylic acids is 1. The lowest BCUT2D eigenvalue weighted by Gasteiger charge is -2.37. The highest BCUT2D eigenvalue weighted by atomic mass is 16.4. The van der Waals surface area contributed by atoms with Gasteiger partial charge in [0.15, 0.2) is 0 Å². The molecule has 1 aromatic heterocycles. The molecule has 1 N–H and O–H groups in total. The van der Waals surface area contributed by atoms with E-state index < -0.39 is 11.9 Å². The largest absolute Gasteiger partial charge is 0.481 e. The van der Waals surface area contributed by atoms with Crippen molar-refractivity contribution in [2.24, 2.45) is 5.92 Å². The zero-order valence-electron chi connectivity index (χ0n) is 12.4. The first-order valence-corrected chi connectivity index (χ1v) is 7.46. The fourth-order valence-electron chi connectivity index (χ4n) is 3.22. The lowest BCUT2D eigenvalue weighted by molar-refractivity contribution is -0.144. The highest BCUT2D eigenvalue weighted by Crippen LogP contribution is 2.27. The Morgan fingerprint density at radius 1 is 1.32 bits per heavy atom. The maximum atomic E-state index is 12.9. The van der Waals surface area contributed by atoms with E-state index in [2.05, 4.69) is 4.98 Å². The smallest absolute Gasteiger partial charge is 0.308 e.